The lowest BCUT2D eigenvalue weighted by atomic mass is 10.1. The van der Waals surface area contributed by atoms with Crippen molar-refractivity contribution in [3.63, 3.8) is 0 Å². The number of hydrogen-bond acceptors (Lipinski definition) is 7. The number of nitrogens with one attached hydrogen (secondary N) is 4. The number of carboxylic acids is 1. The fourth-order valence-electron chi connectivity index (χ4n) is 3.93. The molecule has 4 atom stereocenters. The van der Waals surface area contributed by atoms with Crippen LogP contribution in [0, 0.1) is 0 Å². The van der Waals surface area contributed by atoms with Crippen LogP contribution in [-0.4, -0.2) is 95.3 Å². The molecule has 0 aromatic carbocycles. The van der Waals surface area contributed by atoms with Crippen molar-refractivity contribution in [2.24, 2.45) is 16.5 Å². The molecule has 2 aliphatic heterocycles. The summed E-state index contributed by atoms with van der Waals surface area (Å²) in [6, 6.07) is -4.05. The molecule has 2 saturated heterocycles. The van der Waals surface area contributed by atoms with Gasteiger partial charge in [0.15, 0.2) is 5.96 Å². The van der Waals surface area contributed by atoms with Crippen LogP contribution >= 0.6 is 0 Å². The maximum Gasteiger partial charge on any atom is 0.305 e. The number of amides is 5. The highest BCUT2D eigenvalue weighted by atomic mass is 16.4. The summed E-state index contributed by atoms with van der Waals surface area (Å²) in [5.41, 5.74) is 10.6. The number of guanidine groups is 1. The van der Waals surface area contributed by atoms with E-state index in [4.69, 9.17) is 16.6 Å². The third-order valence-corrected chi connectivity index (χ3v) is 5.60. The molecule has 0 saturated carbocycles. The van der Waals surface area contributed by atoms with Crippen molar-refractivity contribution in [2.45, 2.75) is 63.2 Å². The Hall–Kier alpha value is -3.91. The molecule has 9 N–H and O–H groups in total. The Balaban J connectivity index is 2.30. The number of fused-ring (bicyclic) bond motifs is 2. The predicted molar refractivity (Wildman–Crippen MR) is 121 cm³/mol. The summed E-state index contributed by atoms with van der Waals surface area (Å²) in [5, 5.41) is 19.1. The number of carbonyl (C=O) groups is 6. The Morgan fingerprint density at radius 1 is 1.06 bits per heavy atom. The van der Waals surface area contributed by atoms with E-state index in [-0.39, 0.29) is 44.2 Å². The van der Waals surface area contributed by atoms with Crippen molar-refractivity contribution in [1.82, 2.24) is 26.2 Å². The van der Waals surface area contributed by atoms with Gasteiger partial charge in [0.2, 0.25) is 29.5 Å². The molecule has 35 heavy (non-hydrogen) atoms. The zero-order chi connectivity index (χ0) is 26.1. The number of rotatable bonds is 7. The van der Waals surface area contributed by atoms with Crippen LogP contribution in [0.25, 0.3) is 0 Å². The molecule has 0 radical (unpaired) electrons. The molecule has 15 nitrogen and oxygen atoms in total. The minimum Gasteiger partial charge on any atom is -0.481 e. The average Bonchev–Trinajstić information content (AvgIpc) is 3.21. The third kappa shape index (κ3) is 8.12. The van der Waals surface area contributed by atoms with Gasteiger partial charge in [-0.2, -0.15) is 0 Å². The first-order chi connectivity index (χ1) is 16.5. The predicted octanol–water partition coefficient (Wildman–Crippen LogP) is -3.89. The fourth-order valence-corrected chi connectivity index (χ4v) is 3.93. The molecule has 2 aliphatic rings. The van der Waals surface area contributed by atoms with Crippen molar-refractivity contribution >= 4 is 41.5 Å². The number of carboxylic acid groups (broad SMARTS) is 1. The normalized spacial score (nSPS) is 25.5. The molecular formula is C20H32N8O7. The second kappa shape index (κ2) is 12.5. The van der Waals surface area contributed by atoms with Crippen molar-refractivity contribution < 1.29 is 33.9 Å². The van der Waals surface area contributed by atoms with Gasteiger partial charge in [0, 0.05) is 25.6 Å². The number of nitrogens with two attached hydrogens (primary N) is 2. The summed E-state index contributed by atoms with van der Waals surface area (Å²) in [4.78, 5) is 79.7. The van der Waals surface area contributed by atoms with Gasteiger partial charge in [-0.25, -0.2) is 0 Å². The maximum absolute atomic E-state index is 13.1. The van der Waals surface area contributed by atoms with Gasteiger partial charge in [-0.1, -0.05) is 6.92 Å². The average molecular weight is 497 g/mol. The summed E-state index contributed by atoms with van der Waals surface area (Å²) in [6.07, 6.45) is -0.0343. The van der Waals surface area contributed by atoms with E-state index in [2.05, 4.69) is 26.3 Å². The van der Waals surface area contributed by atoms with Crippen LogP contribution in [-0.2, 0) is 28.8 Å². The number of aliphatic imine (C=N–C) groups is 1. The summed E-state index contributed by atoms with van der Waals surface area (Å²) < 4.78 is 0. The van der Waals surface area contributed by atoms with Gasteiger partial charge in [-0.3, -0.25) is 33.8 Å². The molecular weight excluding hydrogens is 464 g/mol. The Morgan fingerprint density at radius 3 is 2.40 bits per heavy atom. The van der Waals surface area contributed by atoms with Crippen LogP contribution in [0.15, 0.2) is 4.99 Å². The molecule has 0 spiro atoms. The highest BCUT2D eigenvalue weighted by molar-refractivity contribution is 5.96. The molecule has 5 amide bonds. The van der Waals surface area contributed by atoms with Crippen molar-refractivity contribution in [3.8, 4) is 0 Å². The molecule has 0 unspecified atom stereocenters. The molecule has 2 rings (SSSR count). The Kier molecular flexibility index (Phi) is 9.78. The second-order valence-electron chi connectivity index (χ2n) is 8.30. The lowest BCUT2D eigenvalue weighted by Crippen LogP contribution is -2.55. The van der Waals surface area contributed by atoms with Crippen LogP contribution in [0.5, 0.6) is 0 Å². The van der Waals surface area contributed by atoms with E-state index in [1.807, 2.05) is 0 Å². The van der Waals surface area contributed by atoms with Gasteiger partial charge in [-0.05, 0) is 19.3 Å². The summed E-state index contributed by atoms with van der Waals surface area (Å²) in [6.45, 7) is 1.31. The summed E-state index contributed by atoms with van der Waals surface area (Å²) in [7, 11) is 0. The molecule has 2 heterocycles. The van der Waals surface area contributed by atoms with E-state index in [0.717, 1.165) is 0 Å². The smallest absolute Gasteiger partial charge is 0.305 e. The first-order valence-corrected chi connectivity index (χ1v) is 11.3. The third-order valence-electron chi connectivity index (χ3n) is 5.60. The zero-order valence-electron chi connectivity index (χ0n) is 19.4. The van der Waals surface area contributed by atoms with Crippen LogP contribution < -0.4 is 32.7 Å². The number of carbonyl (C=O) groups excluding carboxylic acids is 5. The molecule has 0 aliphatic carbocycles. The molecule has 2 bridgehead atoms. The molecule has 2 fully saturated rings. The van der Waals surface area contributed by atoms with Gasteiger partial charge in [-0.15, -0.1) is 0 Å². The Morgan fingerprint density at radius 2 is 1.77 bits per heavy atom. The summed E-state index contributed by atoms with van der Waals surface area (Å²) in [5.74, 6) is -4.57. The summed E-state index contributed by atoms with van der Waals surface area (Å²) >= 11 is 0. The molecule has 15 heteroatoms. The number of likely N-dealkylation sites (tertiary alicyclic amines) is 1. The van der Waals surface area contributed by atoms with E-state index in [1.165, 1.54) is 4.90 Å². The van der Waals surface area contributed by atoms with E-state index < -0.39 is 66.7 Å². The van der Waals surface area contributed by atoms with Crippen LogP contribution in [0.1, 0.15) is 39.0 Å². The topological polar surface area (TPSA) is 238 Å². The van der Waals surface area contributed by atoms with Gasteiger partial charge in [0.25, 0.3) is 0 Å². The lowest BCUT2D eigenvalue weighted by molar-refractivity contribution is -0.141. The van der Waals surface area contributed by atoms with Gasteiger partial charge >= 0.3 is 5.97 Å². The Labute approximate surface area is 201 Å². The number of hydrogen-bond donors (Lipinski definition) is 7. The van der Waals surface area contributed by atoms with Crippen LogP contribution in [0.4, 0.5) is 0 Å². The lowest BCUT2D eigenvalue weighted by Gasteiger charge is -2.26. The van der Waals surface area contributed by atoms with Gasteiger partial charge in [0.1, 0.15) is 18.1 Å². The van der Waals surface area contributed by atoms with Crippen LogP contribution in [0.3, 0.4) is 0 Å². The van der Waals surface area contributed by atoms with E-state index in [9.17, 15) is 28.8 Å². The first kappa shape index (κ1) is 27.3. The first-order valence-electron chi connectivity index (χ1n) is 11.3. The number of nitrogens with zero attached hydrogens (tertiary/aromatic N) is 2. The molecule has 0 aromatic rings. The Bertz CT molecular complexity index is 889. The molecule has 194 valence electrons. The number of aliphatic carboxylic acids is 1. The SMILES string of the molecule is CCC(=O)N1C[C@@H]2C[C@H]1C(=O)N[C@@H](CCCN=C(N)N)C(=O)NCC(=O)N[C@@H](CC(=O)O)C(=O)N2. The van der Waals surface area contributed by atoms with E-state index in [1.54, 1.807) is 6.92 Å². The minimum atomic E-state index is -1.40. The highest BCUT2D eigenvalue weighted by Gasteiger charge is 2.41. The highest BCUT2D eigenvalue weighted by Crippen LogP contribution is 2.20. The van der Waals surface area contributed by atoms with Gasteiger partial charge in [0.05, 0.1) is 13.0 Å². The quantitative estimate of drug-likeness (QED) is 0.103. The van der Waals surface area contributed by atoms with Crippen molar-refractivity contribution in [1.29, 1.82) is 0 Å². The minimum absolute atomic E-state index is 0.0194. The van der Waals surface area contributed by atoms with E-state index in [0.29, 0.717) is 6.42 Å². The zero-order valence-corrected chi connectivity index (χ0v) is 19.4. The monoisotopic (exact) mass is 496 g/mol. The largest absolute Gasteiger partial charge is 0.481 e. The second-order valence-corrected chi connectivity index (χ2v) is 8.30. The van der Waals surface area contributed by atoms with Gasteiger partial charge < -0.3 is 42.7 Å². The van der Waals surface area contributed by atoms with Crippen molar-refractivity contribution in [3.05, 3.63) is 0 Å². The molecule has 0 aromatic heterocycles. The van der Waals surface area contributed by atoms with Crippen LogP contribution in [0.2, 0.25) is 0 Å². The fraction of sp³-hybridized carbons (Fsp3) is 0.650. The standard InChI is InChI=1S/C20H32N8O7/c1-2-15(30)28-9-10-6-13(28)19(35)27-11(4-3-5-23-20(21)22)17(33)24-8-14(29)26-12(7-16(31)32)18(34)25-10/h10-13H,2-9H2,1H3,(H,24,33)(H,25,34)(H,26,29)(H,27,35)(H,31,32)(H4,21,22,23)/t10-,11-,12-,13-/m0/s1. The van der Waals surface area contributed by atoms with Crippen molar-refractivity contribution in [2.75, 3.05) is 19.6 Å². The maximum atomic E-state index is 13.1. The van der Waals surface area contributed by atoms with E-state index >= 15 is 0 Å².